The van der Waals surface area contributed by atoms with E-state index in [2.05, 4.69) is 5.10 Å². The molecule has 0 saturated heterocycles. The number of nitriles is 2. The summed E-state index contributed by atoms with van der Waals surface area (Å²) < 4.78 is 1.49. The van der Waals surface area contributed by atoms with E-state index in [1.807, 2.05) is 42.5 Å². The molecule has 4 N–H and O–H groups in total. The summed E-state index contributed by atoms with van der Waals surface area (Å²) in [7, 11) is 0. The van der Waals surface area contributed by atoms with Crippen LogP contribution >= 0.6 is 0 Å². The highest BCUT2D eigenvalue weighted by molar-refractivity contribution is 5.85. The largest absolute Gasteiger partial charge is 0.383 e. The maximum Gasteiger partial charge on any atom is 0.155 e. The van der Waals surface area contributed by atoms with Crippen molar-refractivity contribution < 1.29 is 0 Å². The lowest BCUT2D eigenvalue weighted by molar-refractivity contribution is 0.897. The predicted molar refractivity (Wildman–Crippen MR) is 76.2 cm³/mol. The Morgan fingerprint density at radius 3 is 2.30 bits per heavy atom. The number of nitrogens with two attached hydrogens (primary N) is 2. The van der Waals surface area contributed by atoms with Gasteiger partial charge in [0.05, 0.1) is 11.3 Å². The third kappa shape index (κ3) is 2.06. The van der Waals surface area contributed by atoms with E-state index in [-0.39, 0.29) is 11.4 Å². The first kappa shape index (κ1) is 13.2. The number of aromatic nitrogens is 2. The quantitative estimate of drug-likeness (QED) is 0.802. The van der Waals surface area contributed by atoms with Crippen LogP contribution in [0.15, 0.2) is 35.9 Å². The van der Waals surface area contributed by atoms with Gasteiger partial charge in [-0.05, 0) is 24.6 Å². The first-order chi connectivity index (χ1) is 9.60. The Labute approximate surface area is 116 Å². The maximum absolute atomic E-state index is 8.92. The highest BCUT2D eigenvalue weighted by Gasteiger charge is 2.18. The fourth-order valence-electron chi connectivity index (χ4n) is 1.92. The Hall–Kier alpha value is -3.25. The number of hydrogen-bond acceptors (Lipinski definition) is 5. The van der Waals surface area contributed by atoms with Gasteiger partial charge in [-0.15, -0.1) is 5.10 Å². The fourth-order valence-corrected chi connectivity index (χ4v) is 1.92. The molecular weight excluding hydrogens is 252 g/mol. The molecule has 1 aromatic carbocycles. The molecule has 0 atom stereocenters. The highest BCUT2D eigenvalue weighted by atomic mass is 15.3. The van der Waals surface area contributed by atoms with Crippen LogP contribution in [0.25, 0.3) is 11.3 Å². The first-order valence-corrected chi connectivity index (χ1v) is 5.81. The van der Waals surface area contributed by atoms with E-state index in [0.717, 1.165) is 5.69 Å². The molecule has 6 heteroatoms. The molecule has 0 unspecified atom stereocenters. The van der Waals surface area contributed by atoms with Crippen LogP contribution < -0.4 is 11.5 Å². The summed E-state index contributed by atoms with van der Waals surface area (Å²) in [6, 6.07) is 12.9. The van der Waals surface area contributed by atoms with E-state index in [4.69, 9.17) is 22.0 Å². The minimum Gasteiger partial charge on any atom is -0.383 e. The van der Waals surface area contributed by atoms with Crippen molar-refractivity contribution in [3.63, 3.8) is 0 Å². The van der Waals surface area contributed by atoms with Crippen molar-refractivity contribution >= 4 is 17.2 Å². The van der Waals surface area contributed by atoms with Crippen molar-refractivity contribution in [3.05, 3.63) is 41.5 Å². The Kier molecular flexibility index (Phi) is 3.41. The summed E-state index contributed by atoms with van der Waals surface area (Å²) in [5.41, 5.74) is 13.5. The second-order valence-electron chi connectivity index (χ2n) is 4.12. The van der Waals surface area contributed by atoms with Crippen molar-refractivity contribution in [3.8, 4) is 17.8 Å². The van der Waals surface area contributed by atoms with Gasteiger partial charge in [-0.3, -0.25) is 0 Å². The number of benzene rings is 1. The van der Waals surface area contributed by atoms with Crippen molar-refractivity contribution in [1.82, 2.24) is 9.78 Å². The number of hydrogen-bond donors (Lipinski definition) is 2. The van der Waals surface area contributed by atoms with Gasteiger partial charge >= 0.3 is 0 Å². The fraction of sp³-hybridized carbons (Fsp3) is 0.0714. The topological polar surface area (TPSA) is 117 Å². The van der Waals surface area contributed by atoms with Crippen LogP contribution in [0.4, 0.5) is 11.6 Å². The average Bonchev–Trinajstić information content (AvgIpc) is 2.76. The van der Waals surface area contributed by atoms with E-state index >= 15 is 0 Å². The second kappa shape index (κ2) is 5.17. The first-order valence-electron chi connectivity index (χ1n) is 5.81. The van der Waals surface area contributed by atoms with Crippen LogP contribution in [-0.4, -0.2) is 9.78 Å². The third-order valence-corrected chi connectivity index (χ3v) is 2.92. The van der Waals surface area contributed by atoms with E-state index in [9.17, 15) is 0 Å². The smallest absolute Gasteiger partial charge is 0.155 e. The molecule has 1 heterocycles. The normalized spacial score (nSPS) is 9.55. The predicted octanol–water partition coefficient (Wildman–Crippen LogP) is 1.86. The molecule has 98 valence electrons. The molecule has 1 aromatic heterocycles. The number of rotatable bonds is 2. The Morgan fingerprint density at radius 1 is 1.15 bits per heavy atom. The van der Waals surface area contributed by atoms with Gasteiger partial charge in [0.1, 0.15) is 23.5 Å². The number of nitrogens with zero attached hydrogens (tertiary/aromatic N) is 4. The molecule has 0 saturated carbocycles. The molecule has 0 spiro atoms. The van der Waals surface area contributed by atoms with Crippen molar-refractivity contribution in [1.29, 1.82) is 10.5 Å². The lowest BCUT2D eigenvalue weighted by atomic mass is 10.0. The van der Waals surface area contributed by atoms with Gasteiger partial charge in [-0.1, -0.05) is 18.2 Å². The summed E-state index contributed by atoms with van der Waals surface area (Å²) in [4.78, 5) is 0. The SMILES string of the molecule is CC(=C(C#N)C#N)c1c(N)nn(-c2ccccc2)c1N. The molecule has 20 heavy (non-hydrogen) atoms. The molecular formula is C14H12N6. The zero-order chi connectivity index (χ0) is 14.7. The van der Waals surface area contributed by atoms with Crippen LogP contribution in [0, 0.1) is 22.7 Å². The summed E-state index contributed by atoms with van der Waals surface area (Å²) in [6.07, 6.45) is 0. The van der Waals surface area contributed by atoms with Crippen LogP contribution in [0.3, 0.4) is 0 Å². The van der Waals surface area contributed by atoms with Gasteiger partial charge in [0.25, 0.3) is 0 Å². The molecule has 0 radical (unpaired) electrons. The van der Waals surface area contributed by atoms with Crippen LogP contribution in [0.2, 0.25) is 0 Å². The summed E-state index contributed by atoms with van der Waals surface area (Å²) in [5.74, 6) is 0.487. The molecule has 0 aliphatic carbocycles. The van der Waals surface area contributed by atoms with Crippen LogP contribution in [0.1, 0.15) is 12.5 Å². The van der Waals surface area contributed by atoms with Crippen LogP contribution in [-0.2, 0) is 0 Å². The summed E-state index contributed by atoms with van der Waals surface area (Å²) in [5, 5.41) is 22.0. The van der Waals surface area contributed by atoms with E-state index in [0.29, 0.717) is 17.0 Å². The van der Waals surface area contributed by atoms with Crippen molar-refractivity contribution in [2.45, 2.75) is 6.92 Å². The van der Waals surface area contributed by atoms with Gasteiger partial charge in [-0.2, -0.15) is 10.5 Å². The standard InChI is InChI=1S/C14H12N6/c1-9(10(7-15)8-16)12-13(17)19-20(14(12)18)11-5-3-2-4-6-11/h2-6H,18H2,1H3,(H2,17,19). The van der Waals surface area contributed by atoms with E-state index < -0.39 is 0 Å². The summed E-state index contributed by atoms with van der Waals surface area (Å²) >= 11 is 0. The number of para-hydroxylation sites is 1. The molecule has 0 amide bonds. The van der Waals surface area contributed by atoms with Gasteiger partial charge in [0.15, 0.2) is 5.82 Å². The van der Waals surface area contributed by atoms with Crippen LogP contribution in [0.5, 0.6) is 0 Å². The zero-order valence-corrected chi connectivity index (χ0v) is 10.8. The lowest BCUT2D eigenvalue weighted by Gasteiger charge is -2.04. The molecule has 6 nitrogen and oxygen atoms in total. The van der Waals surface area contributed by atoms with Gasteiger partial charge in [-0.25, -0.2) is 4.68 Å². The second-order valence-corrected chi connectivity index (χ2v) is 4.12. The molecule has 2 aromatic rings. The van der Waals surface area contributed by atoms with Crippen molar-refractivity contribution in [2.75, 3.05) is 11.5 Å². The monoisotopic (exact) mass is 264 g/mol. The van der Waals surface area contributed by atoms with Gasteiger partial charge < -0.3 is 11.5 Å². The Balaban J connectivity index is 2.66. The summed E-state index contributed by atoms with van der Waals surface area (Å²) in [6.45, 7) is 1.63. The van der Waals surface area contributed by atoms with Crippen molar-refractivity contribution in [2.24, 2.45) is 0 Å². The Morgan fingerprint density at radius 2 is 1.75 bits per heavy atom. The van der Waals surface area contributed by atoms with E-state index in [1.54, 1.807) is 6.92 Å². The van der Waals surface area contributed by atoms with Gasteiger partial charge in [0, 0.05) is 0 Å². The molecule has 0 fully saturated rings. The molecule has 2 rings (SSSR count). The maximum atomic E-state index is 8.92. The molecule has 0 aliphatic rings. The average molecular weight is 264 g/mol. The number of allylic oxidation sites excluding steroid dienone is 2. The van der Waals surface area contributed by atoms with Gasteiger partial charge in [0.2, 0.25) is 0 Å². The van der Waals surface area contributed by atoms with E-state index in [1.165, 1.54) is 4.68 Å². The zero-order valence-electron chi connectivity index (χ0n) is 10.8. The minimum absolute atomic E-state index is 0.0315. The minimum atomic E-state index is -0.0315. The number of anilines is 2. The lowest BCUT2D eigenvalue weighted by Crippen LogP contribution is -2.02. The Bertz CT molecular complexity index is 739. The molecule has 0 aliphatic heterocycles. The number of nitrogen functional groups attached to an aromatic ring is 2. The highest BCUT2D eigenvalue weighted by Crippen LogP contribution is 2.30. The molecule has 0 bridgehead atoms. The third-order valence-electron chi connectivity index (χ3n) is 2.92.